The molecule has 0 fully saturated rings. The molecule has 0 saturated heterocycles. The van der Waals surface area contributed by atoms with Crippen molar-refractivity contribution in [2.24, 2.45) is 0 Å². The van der Waals surface area contributed by atoms with Crippen LogP contribution in [0, 0.1) is 6.92 Å². The van der Waals surface area contributed by atoms with E-state index in [1.165, 1.54) is 4.68 Å². The predicted octanol–water partition coefficient (Wildman–Crippen LogP) is 3.34. The molecule has 0 atom stereocenters. The number of benzene rings is 1. The Balaban J connectivity index is 2.56. The summed E-state index contributed by atoms with van der Waals surface area (Å²) in [6.07, 6.45) is 1.27. The van der Waals surface area contributed by atoms with Gasteiger partial charge in [-0.15, -0.1) is 0 Å². The molecule has 3 rings (SSSR count). The maximum Gasteiger partial charge on any atom is 0.436 e. The summed E-state index contributed by atoms with van der Waals surface area (Å²) in [5.41, 5.74) is 2.32. The van der Waals surface area contributed by atoms with Crippen molar-refractivity contribution in [3.8, 4) is 0 Å². The van der Waals surface area contributed by atoms with Crippen molar-refractivity contribution in [3.63, 3.8) is 0 Å². The van der Waals surface area contributed by atoms with Crippen molar-refractivity contribution >= 4 is 32.9 Å². The maximum atomic E-state index is 11.8. The second-order valence-electron chi connectivity index (χ2n) is 4.73. The highest BCUT2D eigenvalue weighted by molar-refractivity contribution is 9.10. The first-order valence-corrected chi connectivity index (χ1v) is 6.12. The van der Waals surface area contributed by atoms with Crippen LogP contribution < -0.4 is 0 Å². The van der Waals surface area contributed by atoms with Crippen LogP contribution in [0.1, 0.15) is 25.0 Å². The lowest BCUT2D eigenvalue weighted by molar-refractivity contribution is 0.0302. The van der Waals surface area contributed by atoms with Crippen LogP contribution in [0.25, 0.3) is 10.9 Å². The molecule has 0 saturated carbocycles. The van der Waals surface area contributed by atoms with Gasteiger partial charge < -0.3 is 4.74 Å². The Morgan fingerprint density at radius 2 is 2.18 bits per heavy atom. The molecule has 4 nitrogen and oxygen atoms in total. The number of aromatic nitrogens is 2. The molecule has 17 heavy (non-hydrogen) atoms. The van der Waals surface area contributed by atoms with Gasteiger partial charge in [0.1, 0.15) is 5.60 Å². The van der Waals surface area contributed by atoms with E-state index in [0.717, 1.165) is 26.5 Å². The number of nitrogens with zero attached hydrogens (tertiary/aromatic N) is 2. The molecule has 0 unspecified atom stereocenters. The fourth-order valence-electron chi connectivity index (χ4n) is 2.45. The van der Waals surface area contributed by atoms with Crippen LogP contribution in [0.2, 0.25) is 0 Å². The summed E-state index contributed by atoms with van der Waals surface area (Å²) < 4.78 is 7.76. The molecule has 1 aromatic carbocycles. The van der Waals surface area contributed by atoms with Crippen LogP contribution in [-0.2, 0) is 10.3 Å². The lowest BCUT2D eigenvalue weighted by Crippen LogP contribution is -2.35. The lowest BCUT2D eigenvalue weighted by atomic mass is 9.90. The zero-order valence-electron chi connectivity index (χ0n) is 9.74. The van der Waals surface area contributed by atoms with Crippen LogP contribution in [0.5, 0.6) is 0 Å². The summed E-state index contributed by atoms with van der Waals surface area (Å²) in [5.74, 6) is 0. The molecule has 0 radical (unpaired) electrons. The average molecular weight is 295 g/mol. The van der Waals surface area contributed by atoms with Crippen LogP contribution in [-0.4, -0.2) is 15.9 Å². The summed E-state index contributed by atoms with van der Waals surface area (Å²) in [7, 11) is 0. The fraction of sp³-hybridized carbons (Fsp3) is 0.333. The molecule has 0 spiro atoms. The van der Waals surface area contributed by atoms with E-state index in [9.17, 15) is 4.79 Å². The van der Waals surface area contributed by atoms with Crippen molar-refractivity contribution in [1.82, 2.24) is 9.78 Å². The zero-order valence-corrected chi connectivity index (χ0v) is 11.3. The van der Waals surface area contributed by atoms with E-state index in [2.05, 4.69) is 21.0 Å². The van der Waals surface area contributed by atoms with Gasteiger partial charge in [0.15, 0.2) is 0 Å². The second-order valence-corrected chi connectivity index (χ2v) is 5.59. The van der Waals surface area contributed by atoms with Crippen LogP contribution >= 0.6 is 15.9 Å². The normalized spacial score (nSPS) is 17.3. The van der Waals surface area contributed by atoms with E-state index >= 15 is 0 Å². The van der Waals surface area contributed by atoms with Crippen molar-refractivity contribution in [1.29, 1.82) is 0 Å². The molecule has 2 heterocycles. The van der Waals surface area contributed by atoms with Crippen LogP contribution in [0.3, 0.4) is 0 Å². The van der Waals surface area contributed by atoms with E-state index in [1.54, 1.807) is 6.20 Å². The summed E-state index contributed by atoms with van der Waals surface area (Å²) in [4.78, 5) is 11.8. The average Bonchev–Trinajstić information content (AvgIpc) is 2.60. The first kappa shape index (κ1) is 10.8. The van der Waals surface area contributed by atoms with Gasteiger partial charge in [-0.05, 0) is 32.4 Å². The van der Waals surface area contributed by atoms with Crippen molar-refractivity contribution < 1.29 is 9.53 Å². The maximum absolute atomic E-state index is 11.8. The second kappa shape index (κ2) is 3.10. The van der Waals surface area contributed by atoms with Gasteiger partial charge in [-0.2, -0.15) is 9.78 Å². The molecule has 0 bridgehead atoms. The molecule has 88 valence electrons. The Kier molecular flexibility index (Phi) is 1.96. The Morgan fingerprint density at radius 1 is 1.47 bits per heavy atom. The third kappa shape index (κ3) is 1.29. The molecule has 2 aromatic rings. The first-order valence-electron chi connectivity index (χ1n) is 5.32. The van der Waals surface area contributed by atoms with E-state index in [0.29, 0.717) is 0 Å². The van der Waals surface area contributed by atoms with Crippen LogP contribution in [0.15, 0.2) is 16.7 Å². The number of carbonyl (C=O) groups excluding carboxylic acids is 1. The smallest absolute Gasteiger partial charge is 0.436 e. The van der Waals surface area contributed by atoms with E-state index < -0.39 is 11.7 Å². The molecular weight excluding hydrogens is 284 g/mol. The van der Waals surface area contributed by atoms with Gasteiger partial charge in [-0.1, -0.05) is 15.9 Å². The molecule has 1 aromatic heterocycles. The summed E-state index contributed by atoms with van der Waals surface area (Å²) >= 11 is 3.53. The van der Waals surface area contributed by atoms with Gasteiger partial charge in [0.2, 0.25) is 0 Å². The lowest BCUT2D eigenvalue weighted by Gasteiger charge is -2.32. The van der Waals surface area contributed by atoms with Crippen molar-refractivity contribution in [3.05, 3.63) is 27.9 Å². The number of hydrogen-bond donors (Lipinski definition) is 0. The van der Waals surface area contributed by atoms with E-state index in [-0.39, 0.29) is 0 Å². The highest BCUT2D eigenvalue weighted by Gasteiger charge is 2.37. The first-order chi connectivity index (χ1) is 7.92. The highest BCUT2D eigenvalue weighted by Crippen LogP contribution is 2.40. The summed E-state index contributed by atoms with van der Waals surface area (Å²) in [6.45, 7) is 5.81. The number of carbonyl (C=O) groups is 1. The van der Waals surface area contributed by atoms with Gasteiger partial charge >= 0.3 is 6.09 Å². The summed E-state index contributed by atoms with van der Waals surface area (Å²) in [5, 5.41) is 5.02. The molecule has 1 aliphatic rings. The fourth-order valence-corrected chi connectivity index (χ4v) is 2.89. The highest BCUT2D eigenvalue weighted by atomic mass is 79.9. The Hall–Kier alpha value is -1.36. The minimum atomic E-state index is -0.626. The Bertz CT molecular complexity index is 658. The number of cyclic esters (lactones) is 1. The van der Waals surface area contributed by atoms with Crippen molar-refractivity contribution in [2.75, 3.05) is 0 Å². The molecule has 0 aliphatic carbocycles. The quantitative estimate of drug-likeness (QED) is 0.748. The molecule has 0 N–H and O–H groups in total. The largest absolute Gasteiger partial charge is 0.437 e. The van der Waals surface area contributed by atoms with E-state index in [1.807, 2.05) is 26.8 Å². The van der Waals surface area contributed by atoms with Gasteiger partial charge in [0.05, 0.1) is 11.7 Å². The number of hydrogen-bond acceptors (Lipinski definition) is 3. The van der Waals surface area contributed by atoms with Gasteiger partial charge in [-0.25, -0.2) is 4.79 Å². The number of rotatable bonds is 0. The van der Waals surface area contributed by atoms with Crippen molar-refractivity contribution in [2.45, 2.75) is 26.4 Å². The molecular formula is C12H11BrN2O2. The Morgan fingerprint density at radius 3 is 2.88 bits per heavy atom. The monoisotopic (exact) mass is 294 g/mol. The molecule has 0 amide bonds. The minimum Gasteiger partial charge on any atom is -0.437 e. The Labute approximate surface area is 107 Å². The topological polar surface area (TPSA) is 44.1 Å². The SMILES string of the molecule is Cc1c(Br)cc2cnn3c2c1C(C)(C)OC3=O. The van der Waals surface area contributed by atoms with E-state index in [4.69, 9.17) is 4.74 Å². The van der Waals surface area contributed by atoms with Gasteiger partial charge in [0.25, 0.3) is 0 Å². The summed E-state index contributed by atoms with van der Waals surface area (Å²) in [6, 6.07) is 1.98. The zero-order chi connectivity index (χ0) is 12.4. The minimum absolute atomic E-state index is 0.417. The number of ether oxygens (including phenoxy) is 1. The van der Waals surface area contributed by atoms with Crippen LogP contribution in [0.4, 0.5) is 4.79 Å². The third-order valence-corrected chi connectivity index (χ3v) is 3.99. The van der Waals surface area contributed by atoms with Gasteiger partial charge in [-0.3, -0.25) is 0 Å². The third-order valence-electron chi connectivity index (χ3n) is 3.17. The van der Waals surface area contributed by atoms with Gasteiger partial charge in [0, 0.05) is 15.4 Å². The molecule has 1 aliphatic heterocycles. The number of halogens is 1. The standard InChI is InChI=1S/C12H11BrN2O2/c1-6-8(13)4-7-5-14-15-10(7)9(6)12(2,3)17-11(15)16/h4-5H,1-3H3. The predicted molar refractivity (Wildman–Crippen MR) is 67.1 cm³/mol. The molecule has 5 heteroatoms.